The summed E-state index contributed by atoms with van der Waals surface area (Å²) >= 11 is 0. The summed E-state index contributed by atoms with van der Waals surface area (Å²) in [4.78, 5) is 13.8. The van der Waals surface area contributed by atoms with Crippen molar-refractivity contribution in [3.05, 3.63) is 60.1 Å². The summed E-state index contributed by atoms with van der Waals surface area (Å²) in [6, 6.07) is 6.45. The molecule has 3 fully saturated rings. The summed E-state index contributed by atoms with van der Waals surface area (Å²) in [5, 5.41) is 0. The van der Waals surface area contributed by atoms with Gasteiger partial charge in [0, 0.05) is 5.56 Å². The summed E-state index contributed by atoms with van der Waals surface area (Å²) in [5.41, 5.74) is 9.31. The van der Waals surface area contributed by atoms with E-state index in [2.05, 4.69) is 15.0 Å². The SMILES string of the molecule is CC1(C)O[C@H]2[C@H](O1)[C@@H](C=Cc1ccccc1F)O[C@H]2n1cnc2c(C(N)C3CCCCC3)ncnc21. The van der Waals surface area contributed by atoms with Crippen molar-refractivity contribution in [2.75, 3.05) is 0 Å². The van der Waals surface area contributed by atoms with Gasteiger partial charge in [-0.05, 0) is 38.7 Å². The lowest BCUT2D eigenvalue weighted by molar-refractivity contribution is -0.191. The lowest BCUT2D eigenvalue weighted by Crippen LogP contribution is -2.28. The zero-order chi connectivity index (χ0) is 24.9. The highest BCUT2D eigenvalue weighted by atomic mass is 19.1. The largest absolute Gasteiger partial charge is 0.345 e. The number of halogens is 1. The van der Waals surface area contributed by atoms with Gasteiger partial charge in [-0.25, -0.2) is 19.3 Å². The molecule has 4 heterocycles. The molecular formula is C27H32FN5O3. The molecule has 1 aromatic carbocycles. The maximum absolute atomic E-state index is 14.2. The molecule has 8 nitrogen and oxygen atoms in total. The Kier molecular flexibility index (Phi) is 6.11. The van der Waals surface area contributed by atoms with Crippen LogP contribution in [-0.2, 0) is 14.2 Å². The number of fused-ring (bicyclic) bond motifs is 2. The third-order valence-corrected chi connectivity index (χ3v) is 7.57. The fourth-order valence-electron chi connectivity index (χ4n) is 5.81. The molecule has 3 aliphatic rings. The molecule has 6 rings (SSSR count). The number of rotatable bonds is 5. The van der Waals surface area contributed by atoms with Gasteiger partial charge in [-0.2, -0.15) is 0 Å². The van der Waals surface area contributed by atoms with Gasteiger partial charge >= 0.3 is 0 Å². The van der Waals surface area contributed by atoms with Crippen LogP contribution in [0.5, 0.6) is 0 Å². The quantitative estimate of drug-likeness (QED) is 0.551. The van der Waals surface area contributed by atoms with Crippen LogP contribution in [0.3, 0.4) is 0 Å². The highest BCUT2D eigenvalue weighted by molar-refractivity contribution is 5.73. The van der Waals surface area contributed by atoms with E-state index < -0.39 is 24.2 Å². The van der Waals surface area contributed by atoms with Gasteiger partial charge in [0.1, 0.15) is 36.0 Å². The Morgan fingerprint density at radius 1 is 1.08 bits per heavy atom. The van der Waals surface area contributed by atoms with Crippen LogP contribution in [-0.4, -0.2) is 43.6 Å². The molecule has 5 atom stereocenters. The Bertz CT molecular complexity index is 1270. The summed E-state index contributed by atoms with van der Waals surface area (Å²) in [5.74, 6) is -0.668. The lowest BCUT2D eigenvalue weighted by atomic mass is 9.83. The highest BCUT2D eigenvalue weighted by Crippen LogP contribution is 2.44. The third kappa shape index (κ3) is 4.24. The van der Waals surface area contributed by atoms with E-state index in [4.69, 9.17) is 19.9 Å². The number of nitrogens with two attached hydrogens (primary N) is 1. The fourth-order valence-corrected chi connectivity index (χ4v) is 5.81. The minimum absolute atomic E-state index is 0.183. The minimum atomic E-state index is -0.776. The highest BCUT2D eigenvalue weighted by Gasteiger charge is 2.55. The molecule has 2 aliphatic heterocycles. The number of ether oxygens (including phenoxy) is 3. The van der Waals surface area contributed by atoms with Crippen molar-refractivity contribution >= 4 is 17.2 Å². The normalized spacial score (nSPS) is 29.2. The number of benzene rings is 1. The predicted octanol–water partition coefficient (Wildman–Crippen LogP) is 4.68. The average molecular weight is 494 g/mol. The van der Waals surface area contributed by atoms with Crippen molar-refractivity contribution in [1.82, 2.24) is 19.5 Å². The Balaban J connectivity index is 1.32. The first-order chi connectivity index (χ1) is 17.4. The van der Waals surface area contributed by atoms with Crippen molar-refractivity contribution in [1.29, 1.82) is 0 Å². The number of aromatic nitrogens is 4. The summed E-state index contributed by atoms with van der Waals surface area (Å²) in [7, 11) is 0. The molecule has 2 saturated heterocycles. The first kappa shape index (κ1) is 23.7. The Labute approximate surface area is 209 Å². The van der Waals surface area contributed by atoms with Gasteiger partial charge in [0.15, 0.2) is 17.7 Å². The van der Waals surface area contributed by atoms with Crippen LogP contribution in [0.25, 0.3) is 17.2 Å². The van der Waals surface area contributed by atoms with E-state index in [0.29, 0.717) is 22.6 Å². The van der Waals surface area contributed by atoms with E-state index >= 15 is 0 Å². The molecule has 0 bridgehead atoms. The second kappa shape index (κ2) is 9.30. The summed E-state index contributed by atoms with van der Waals surface area (Å²) in [6.45, 7) is 3.77. The Morgan fingerprint density at radius 2 is 1.86 bits per heavy atom. The van der Waals surface area contributed by atoms with Crippen molar-refractivity contribution < 1.29 is 18.6 Å². The molecule has 0 spiro atoms. The van der Waals surface area contributed by atoms with Gasteiger partial charge in [0.25, 0.3) is 0 Å². The Morgan fingerprint density at radius 3 is 2.67 bits per heavy atom. The predicted molar refractivity (Wildman–Crippen MR) is 132 cm³/mol. The topological polar surface area (TPSA) is 97.3 Å². The fraction of sp³-hybridized carbons (Fsp3) is 0.519. The smallest absolute Gasteiger partial charge is 0.166 e. The van der Waals surface area contributed by atoms with Crippen molar-refractivity contribution in [2.24, 2.45) is 11.7 Å². The molecule has 1 unspecified atom stereocenters. The monoisotopic (exact) mass is 493 g/mol. The molecule has 0 radical (unpaired) electrons. The minimum Gasteiger partial charge on any atom is -0.345 e. The van der Waals surface area contributed by atoms with Crippen LogP contribution in [0.1, 0.15) is 69.5 Å². The molecule has 1 aliphatic carbocycles. The lowest BCUT2D eigenvalue weighted by Gasteiger charge is -2.27. The van der Waals surface area contributed by atoms with E-state index in [0.717, 1.165) is 18.5 Å². The molecule has 1 saturated carbocycles. The first-order valence-corrected chi connectivity index (χ1v) is 12.8. The van der Waals surface area contributed by atoms with Crippen LogP contribution in [0.15, 0.2) is 43.0 Å². The van der Waals surface area contributed by atoms with Crippen molar-refractivity contribution in [2.45, 2.75) is 82.3 Å². The van der Waals surface area contributed by atoms with E-state index in [1.807, 2.05) is 24.5 Å². The van der Waals surface area contributed by atoms with Crippen LogP contribution >= 0.6 is 0 Å². The maximum Gasteiger partial charge on any atom is 0.166 e. The molecule has 9 heteroatoms. The molecule has 2 aromatic heterocycles. The van der Waals surface area contributed by atoms with Gasteiger partial charge in [0.05, 0.1) is 18.1 Å². The summed E-state index contributed by atoms with van der Waals surface area (Å²) in [6.07, 6.45) is 11.0. The molecular weight excluding hydrogens is 461 g/mol. The van der Waals surface area contributed by atoms with Crippen LogP contribution in [0.4, 0.5) is 4.39 Å². The van der Waals surface area contributed by atoms with Crippen LogP contribution in [0.2, 0.25) is 0 Å². The van der Waals surface area contributed by atoms with E-state index in [1.165, 1.54) is 25.3 Å². The second-order valence-electron chi connectivity index (χ2n) is 10.4. The number of hydrogen-bond donors (Lipinski definition) is 1. The van der Waals surface area contributed by atoms with Gasteiger partial charge < -0.3 is 19.9 Å². The zero-order valence-electron chi connectivity index (χ0n) is 20.6. The van der Waals surface area contributed by atoms with Gasteiger partial charge in [-0.1, -0.05) is 49.6 Å². The number of nitrogens with zero attached hydrogens (tertiary/aromatic N) is 4. The maximum atomic E-state index is 14.2. The third-order valence-electron chi connectivity index (χ3n) is 7.57. The number of imidazole rings is 1. The van der Waals surface area contributed by atoms with E-state index in [9.17, 15) is 4.39 Å². The average Bonchev–Trinajstić information content (AvgIpc) is 3.54. The molecule has 3 aromatic rings. The van der Waals surface area contributed by atoms with Crippen molar-refractivity contribution in [3.8, 4) is 0 Å². The molecule has 0 amide bonds. The van der Waals surface area contributed by atoms with Crippen LogP contribution in [0, 0.1) is 11.7 Å². The second-order valence-corrected chi connectivity index (χ2v) is 10.4. The summed E-state index contributed by atoms with van der Waals surface area (Å²) < 4.78 is 35.0. The standard InChI is InChI=1S/C27H32FN5O3/c1-27(2)35-23-19(13-12-16-8-6-7-11-18(16)28)34-26(24(23)36-27)33-15-32-22-21(30-14-31-25(22)33)20(29)17-9-4-3-5-10-17/h6-8,11-15,17,19-20,23-24,26H,3-5,9-10,29H2,1-2H3/t19-,20?,23-,24+,26-/m1/s1. The van der Waals surface area contributed by atoms with Gasteiger partial charge in [-0.15, -0.1) is 0 Å². The van der Waals surface area contributed by atoms with E-state index in [-0.39, 0.29) is 18.0 Å². The van der Waals surface area contributed by atoms with Gasteiger partial charge in [-0.3, -0.25) is 4.57 Å². The molecule has 2 N–H and O–H groups in total. The molecule has 190 valence electrons. The van der Waals surface area contributed by atoms with Crippen molar-refractivity contribution in [3.63, 3.8) is 0 Å². The molecule has 36 heavy (non-hydrogen) atoms. The van der Waals surface area contributed by atoms with Crippen LogP contribution < -0.4 is 5.73 Å². The van der Waals surface area contributed by atoms with E-state index in [1.54, 1.807) is 36.9 Å². The first-order valence-electron chi connectivity index (χ1n) is 12.8. The van der Waals surface area contributed by atoms with Gasteiger partial charge in [0.2, 0.25) is 0 Å². The zero-order valence-corrected chi connectivity index (χ0v) is 20.6. The number of hydrogen-bond acceptors (Lipinski definition) is 7. The Hall–Kier alpha value is -2.72.